The third kappa shape index (κ3) is 3.26. The average molecular weight is 351 g/mol. The summed E-state index contributed by atoms with van der Waals surface area (Å²) >= 11 is 7.61. The minimum absolute atomic E-state index is 0.139. The number of nitrogens with zero attached hydrogens (tertiary/aromatic N) is 2. The quantitative estimate of drug-likeness (QED) is 0.674. The zero-order valence-corrected chi connectivity index (χ0v) is 13.5. The van der Waals surface area contributed by atoms with Gasteiger partial charge in [0, 0.05) is 17.7 Å². The van der Waals surface area contributed by atoms with Crippen LogP contribution in [0.4, 0.5) is 5.13 Å². The number of carbonyl (C=O) groups is 2. The second-order valence-corrected chi connectivity index (χ2v) is 6.74. The number of thiocarbonyl (C=S) groups is 1. The monoisotopic (exact) mass is 351 g/mol. The Morgan fingerprint density at radius 1 is 1.55 bits per heavy atom. The van der Waals surface area contributed by atoms with Crippen molar-refractivity contribution in [1.82, 2.24) is 9.88 Å². The van der Waals surface area contributed by atoms with E-state index in [0.717, 1.165) is 11.8 Å². The normalized spacial score (nSPS) is 16.5. The van der Waals surface area contributed by atoms with Crippen molar-refractivity contribution in [3.05, 3.63) is 40.6 Å². The van der Waals surface area contributed by atoms with Gasteiger partial charge < -0.3 is 9.73 Å². The first kappa shape index (κ1) is 14.9. The Morgan fingerprint density at radius 3 is 3.09 bits per heavy atom. The molecule has 1 aliphatic rings. The Labute approximate surface area is 139 Å². The number of rotatable bonds is 4. The van der Waals surface area contributed by atoms with Crippen molar-refractivity contribution in [2.45, 2.75) is 0 Å². The summed E-state index contributed by atoms with van der Waals surface area (Å²) in [7, 11) is 0. The molecule has 1 aliphatic heterocycles. The van der Waals surface area contributed by atoms with Crippen LogP contribution >= 0.6 is 35.3 Å². The summed E-state index contributed by atoms with van der Waals surface area (Å²) in [4.78, 5) is 29.9. The summed E-state index contributed by atoms with van der Waals surface area (Å²) in [5.74, 6) is -0.0843. The largest absolute Gasteiger partial charge is 0.465 e. The van der Waals surface area contributed by atoms with Crippen LogP contribution in [0.5, 0.6) is 0 Å². The number of hydrogen-bond donors (Lipinski definition) is 1. The Morgan fingerprint density at radius 2 is 2.41 bits per heavy atom. The van der Waals surface area contributed by atoms with Gasteiger partial charge in [0.2, 0.25) is 5.91 Å². The van der Waals surface area contributed by atoms with Crippen LogP contribution < -0.4 is 5.32 Å². The number of furan rings is 1. The number of anilines is 1. The topological polar surface area (TPSA) is 75.4 Å². The molecule has 0 spiro atoms. The molecule has 1 saturated heterocycles. The van der Waals surface area contributed by atoms with Crippen molar-refractivity contribution >= 4 is 62.7 Å². The van der Waals surface area contributed by atoms with E-state index in [-0.39, 0.29) is 18.4 Å². The average Bonchev–Trinajstić information content (AvgIpc) is 3.20. The molecule has 9 heteroatoms. The molecule has 0 radical (unpaired) electrons. The van der Waals surface area contributed by atoms with Gasteiger partial charge in [-0.1, -0.05) is 24.0 Å². The molecule has 0 aliphatic carbocycles. The molecular formula is C13H9N3O3S3. The maximum absolute atomic E-state index is 12.3. The van der Waals surface area contributed by atoms with Crippen LogP contribution in [0.1, 0.15) is 5.76 Å². The first-order valence-electron chi connectivity index (χ1n) is 6.12. The second-order valence-electron chi connectivity index (χ2n) is 4.17. The molecule has 3 heterocycles. The predicted molar refractivity (Wildman–Crippen MR) is 89.3 cm³/mol. The van der Waals surface area contributed by atoms with Crippen molar-refractivity contribution in [3.63, 3.8) is 0 Å². The summed E-state index contributed by atoms with van der Waals surface area (Å²) < 4.78 is 5.52. The van der Waals surface area contributed by atoms with Gasteiger partial charge in [0.05, 0.1) is 11.2 Å². The van der Waals surface area contributed by atoms with Crippen LogP contribution in [0.2, 0.25) is 0 Å². The standard InChI is InChI=1S/C13H9N3O3S3/c17-10(15-12-14-3-5-21-12)7-16-11(18)9(22-13(16)20)6-8-2-1-4-19-8/h1-6H,7H2,(H,14,15,17)/b9-6-. The molecule has 3 rings (SSSR count). The van der Waals surface area contributed by atoms with Crippen LogP contribution in [0.25, 0.3) is 6.08 Å². The zero-order valence-electron chi connectivity index (χ0n) is 11.0. The van der Waals surface area contributed by atoms with Crippen molar-refractivity contribution in [2.75, 3.05) is 11.9 Å². The molecule has 6 nitrogen and oxygen atoms in total. The molecule has 0 saturated carbocycles. The SMILES string of the molecule is O=C(CN1C(=O)/C(=C/c2ccco2)SC1=S)Nc1nccs1. The highest BCUT2D eigenvalue weighted by Gasteiger charge is 2.33. The Bertz CT molecular complexity index is 738. The van der Waals surface area contributed by atoms with Crippen LogP contribution in [-0.2, 0) is 9.59 Å². The lowest BCUT2D eigenvalue weighted by Gasteiger charge is -2.13. The summed E-state index contributed by atoms with van der Waals surface area (Å²) in [5, 5.41) is 4.86. The smallest absolute Gasteiger partial charge is 0.266 e. The molecule has 2 aromatic heterocycles. The third-order valence-electron chi connectivity index (χ3n) is 2.67. The highest BCUT2D eigenvalue weighted by atomic mass is 32.2. The number of thioether (sulfide) groups is 1. The number of nitrogens with one attached hydrogen (secondary N) is 1. The van der Waals surface area contributed by atoms with E-state index in [4.69, 9.17) is 16.6 Å². The lowest BCUT2D eigenvalue weighted by atomic mass is 10.3. The van der Waals surface area contributed by atoms with Crippen molar-refractivity contribution in [2.24, 2.45) is 0 Å². The number of carbonyl (C=O) groups excluding carboxylic acids is 2. The molecule has 1 N–H and O–H groups in total. The Balaban J connectivity index is 1.68. The lowest BCUT2D eigenvalue weighted by molar-refractivity contribution is -0.126. The van der Waals surface area contributed by atoms with Crippen molar-refractivity contribution in [3.8, 4) is 0 Å². The van der Waals surface area contributed by atoms with Crippen molar-refractivity contribution in [1.29, 1.82) is 0 Å². The van der Waals surface area contributed by atoms with Gasteiger partial charge in [0.25, 0.3) is 5.91 Å². The fraction of sp³-hybridized carbons (Fsp3) is 0.0769. The van der Waals surface area contributed by atoms with Gasteiger partial charge in [-0.25, -0.2) is 4.98 Å². The Hall–Kier alpha value is -1.97. The van der Waals surface area contributed by atoms with Crippen LogP contribution in [0.3, 0.4) is 0 Å². The van der Waals surface area contributed by atoms with E-state index >= 15 is 0 Å². The maximum atomic E-state index is 12.3. The predicted octanol–water partition coefficient (Wildman–Crippen LogP) is 2.58. The van der Waals surface area contributed by atoms with E-state index in [9.17, 15) is 9.59 Å². The highest BCUT2D eigenvalue weighted by molar-refractivity contribution is 8.26. The van der Waals surface area contributed by atoms with Gasteiger partial charge >= 0.3 is 0 Å². The second kappa shape index (κ2) is 6.42. The van der Waals surface area contributed by atoms with Gasteiger partial charge in [-0.2, -0.15) is 0 Å². The summed E-state index contributed by atoms with van der Waals surface area (Å²) in [5.41, 5.74) is 0. The molecule has 0 aromatic carbocycles. The molecular weight excluding hydrogens is 342 g/mol. The molecule has 0 bridgehead atoms. The van der Waals surface area contributed by atoms with Gasteiger partial charge in [-0.05, 0) is 12.1 Å². The number of hydrogen-bond acceptors (Lipinski definition) is 7. The van der Waals surface area contributed by atoms with Gasteiger partial charge in [0.1, 0.15) is 16.6 Å². The highest BCUT2D eigenvalue weighted by Crippen LogP contribution is 2.32. The van der Waals surface area contributed by atoms with Gasteiger partial charge in [-0.3, -0.25) is 14.5 Å². The summed E-state index contributed by atoms with van der Waals surface area (Å²) in [6, 6.07) is 3.47. The van der Waals surface area contributed by atoms with E-state index in [2.05, 4.69) is 10.3 Å². The molecule has 0 atom stereocenters. The van der Waals surface area contributed by atoms with E-state index < -0.39 is 0 Å². The Kier molecular flexibility index (Phi) is 4.36. The summed E-state index contributed by atoms with van der Waals surface area (Å²) in [6.07, 6.45) is 4.72. The molecule has 0 unspecified atom stereocenters. The number of amides is 2. The van der Waals surface area contributed by atoms with E-state index in [1.165, 1.54) is 22.5 Å². The van der Waals surface area contributed by atoms with Crippen LogP contribution in [0.15, 0.2) is 39.3 Å². The maximum Gasteiger partial charge on any atom is 0.266 e. The first-order chi connectivity index (χ1) is 10.6. The van der Waals surface area contributed by atoms with E-state index in [1.807, 2.05) is 0 Å². The molecule has 112 valence electrons. The van der Waals surface area contributed by atoms with Gasteiger partial charge in [-0.15, -0.1) is 11.3 Å². The molecule has 22 heavy (non-hydrogen) atoms. The van der Waals surface area contributed by atoms with Crippen LogP contribution in [0, 0.1) is 0 Å². The first-order valence-corrected chi connectivity index (χ1v) is 8.22. The van der Waals surface area contributed by atoms with Crippen molar-refractivity contribution < 1.29 is 14.0 Å². The number of aromatic nitrogens is 1. The molecule has 2 aromatic rings. The molecule has 2 amide bonds. The van der Waals surface area contributed by atoms with Gasteiger partial charge in [0.15, 0.2) is 5.13 Å². The van der Waals surface area contributed by atoms with E-state index in [1.54, 1.807) is 29.8 Å². The van der Waals surface area contributed by atoms with Crippen LogP contribution in [-0.4, -0.2) is 32.6 Å². The number of thiazole rings is 1. The zero-order chi connectivity index (χ0) is 15.5. The fourth-order valence-corrected chi connectivity index (χ4v) is 3.51. The van der Waals surface area contributed by atoms with E-state index in [0.29, 0.717) is 20.1 Å². The minimum atomic E-state index is -0.342. The lowest BCUT2D eigenvalue weighted by Crippen LogP contribution is -2.36. The fourth-order valence-electron chi connectivity index (χ4n) is 1.73. The summed E-state index contributed by atoms with van der Waals surface area (Å²) in [6.45, 7) is -0.139. The molecule has 1 fully saturated rings. The minimum Gasteiger partial charge on any atom is -0.465 e. The third-order valence-corrected chi connectivity index (χ3v) is 4.74.